The Hall–Kier alpha value is -3.02. The third-order valence-electron chi connectivity index (χ3n) is 2.83. The molecule has 4 N–H and O–H groups in total. The standard InChI is InChI=1S/C15H14N2O4/c1-9(10-2-4-11(18)5-3-10)16-17-15(21)13-8-12(19)6-7-14(13)20/h2-8,18-20H,1H3,(H,17,21)/b16-9-. The lowest BCUT2D eigenvalue weighted by molar-refractivity contribution is 0.0951. The number of nitrogens with zero attached hydrogens (tertiary/aromatic N) is 1. The van der Waals surface area contributed by atoms with Crippen molar-refractivity contribution in [3.8, 4) is 17.2 Å². The molecular formula is C15H14N2O4. The van der Waals surface area contributed by atoms with Crippen molar-refractivity contribution in [2.45, 2.75) is 6.92 Å². The molecular weight excluding hydrogens is 272 g/mol. The number of hydrogen-bond acceptors (Lipinski definition) is 5. The van der Waals surface area contributed by atoms with Gasteiger partial charge in [0.25, 0.3) is 5.91 Å². The van der Waals surface area contributed by atoms with Gasteiger partial charge in [0.05, 0.1) is 11.3 Å². The fourth-order valence-electron chi connectivity index (χ4n) is 1.67. The molecule has 0 fully saturated rings. The second-order valence-corrected chi connectivity index (χ2v) is 4.39. The molecule has 6 heteroatoms. The summed E-state index contributed by atoms with van der Waals surface area (Å²) in [5.41, 5.74) is 3.48. The maximum atomic E-state index is 11.9. The van der Waals surface area contributed by atoms with Crippen LogP contribution < -0.4 is 5.43 Å². The molecule has 2 aromatic rings. The molecule has 2 rings (SSSR count). The average molecular weight is 286 g/mol. The number of hydrogen-bond donors (Lipinski definition) is 4. The van der Waals surface area contributed by atoms with E-state index in [2.05, 4.69) is 10.5 Å². The minimum Gasteiger partial charge on any atom is -0.508 e. The van der Waals surface area contributed by atoms with E-state index in [0.717, 1.165) is 11.6 Å². The van der Waals surface area contributed by atoms with Crippen molar-refractivity contribution >= 4 is 11.6 Å². The van der Waals surface area contributed by atoms with E-state index in [1.165, 1.54) is 24.3 Å². The predicted molar refractivity (Wildman–Crippen MR) is 77.6 cm³/mol. The van der Waals surface area contributed by atoms with Gasteiger partial charge in [-0.15, -0.1) is 0 Å². The van der Waals surface area contributed by atoms with Crippen LogP contribution in [0.15, 0.2) is 47.6 Å². The van der Waals surface area contributed by atoms with Crippen LogP contribution in [0.1, 0.15) is 22.8 Å². The summed E-state index contributed by atoms with van der Waals surface area (Å²) in [7, 11) is 0. The number of carbonyl (C=O) groups is 1. The van der Waals surface area contributed by atoms with Gasteiger partial charge in [-0.3, -0.25) is 4.79 Å². The lowest BCUT2D eigenvalue weighted by Crippen LogP contribution is -2.19. The maximum Gasteiger partial charge on any atom is 0.275 e. The summed E-state index contributed by atoms with van der Waals surface area (Å²) in [5, 5.41) is 32.0. The summed E-state index contributed by atoms with van der Waals surface area (Å²) >= 11 is 0. The summed E-state index contributed by atoms with van der Waals surface area (Å²) in [5.74, 6) is -0.873. The van der Waals surface area contributed by atoms with E-state index in [0.29, 0.717) is 5.71 Å². The Morgan fingerprint density at radius 1 is 1.00 bits per heavy atom. The van der Waals surface area contributed by atoms with E-state index in [9.17, 15) is 20.1 Å². The Labute approximate surface area is 121 Å². The van der Waals surface area contributed by atoms with E-state index >= 15 is 0 Å². The molecule has 0 aromatic heterocycles. The number of aromatic hydroxyl groups is 3. The molecule has 0 aliphatic rings. The molecule has 0 aliphatic carbocycles. The molecule has 2 aromatic carbocycles. The first-order chi connectivity index (χ1) is 9.97. The molecule has 21 heavy (non-hydrogen) atoms. The Morgan fingerprint density at radius 3 is 2.29 bits per heavy atom. The minimum absolute atomic E-state index is 0.0720. The second kappa shape index (κ2) is 5.96. The van der Waals surface area contributed by atoms with Crippen LogP contribution in [0.25, 0.3) is 0 Å². The number of amides is 1. The first-order valence-electron chi connectivity index (χ1n) is 6.13. The van der Waals surface area contributed by atoms with Gasteiger partial charge in [0.1, 0.15) is 17.2 Å². The predicted octanol–water partition coefficient (Wildman–Crippen LogP) is 1.96. The lowest BCUT2D eigenvalue weighted by Gasteiger charge is -2.05. The molecule has 0 unspecified atom stereocenters. The molecule has 0 atom stereocenters. The summed E-state index contributed by atoms with van der Waals surface area (Å²) in [6.45, 7) is 1.69. The van der Waals surface area contributed by atoms with Gasteiger partial charge >= 0.3 is 0 Å². The fourth-order valence-corrected chi connectivity index (χ4v) is 1.67. The van der Waals surface area contributed by atoms with Gasteiger partial charge in [0, 0.05) is 0 Å². The number of rotatable bonds is 3. The third kappa shape index (κ3) is 3.50. The molecule has 0 spiro atoms. The van der Waals surface area contributed by atoms with Crippen LogP contribution in [0.3, 0.4) is 0 Å². The monoisotopic (exact) mass is 286 g/mol. The molecule has 0 saturated carbocycles. The molecule has 6 nitrogen and oxygen atoms in total. The number of hydrazone groups is 1. The molecule has 0 radical (unpaired) electrons. The topological polar surface area (TPSA) is 102 Å². The van der Waals surface area contributed by atoms with Crippen molar-refractivity contribution in [3.63, 3.8) is 0 Å². The summed E-state index contributed by atoms with van der Waals surface area (Å²) < 4.78 is 0. The van der Waals surface area contributed by atoms with Crippen molar-refractivity contribution in [2.24, 2.45) is 5.10 Å². The molecule has 0 heterocycles. The lowest BCUT2D eigenvalue weighted by atomic mass is 10.1. The number of phenolic OH excluding ortho intramolecular Hbond substituents is 3. The van der Waals surface area contributed by atoms with Crippen LogP contribution >= 0.6 is 0 Å². The largest absolute Gasteiger partial charge is 0.508 e. The highest BCUT2D eigenvalue weighted by Gasteiger charge is 2.11. The van der Waals surface area contributed by atoms with E-state index in [4.69, 9.17) is 0 Å². The Bertz CT molecular complexity index is 693. The van der Waals surface area contributed by atoms with Gasteiger partial charge in [-0.05, 0) is 55.0 Å². The first-order valence-corrected chi connectivity index (χ1v) is 6.13. The van der Waals surface area contributed by atoms with Crippen molar-refractivity contribution in [1.82, 2.24) is 5.43 Å². The van der Waals surface area contributed by atoms with Gasteiger partial charge in [-0.25, -0.2) is 5.43 Å². The third-order valence-corrected chi connectivity index (χ3v) is 2.83. The van der Waals surface area contributed by atoms with Gasteiger partial charge in [-0.2, -0.15) is 5.10 Å². The fraction of sp³-hybridized carbons (Fsp3) is 0.0667. The van der Waals surface area contributed by atoms with Gasteiger partial charge in [-0.1, -0.05) is 0 Å². The van der Waals surface area contributed by atoms with Gasteiger partial charge in [0.15, 0.2) is 0 Å². The van der Waals surface area contributed by atoms with Crippen molar-refractivity contribution in [3.05, 3.63) is 53.6 Å². The zero-order chi connectivity index (χ0) is 15.4. The Balaban J connectivity index is 2.14. The van der Waals surface area contributed by atoms with Crippen LogP contribution in [0.2, 0.25) is 0 Å². The minimum atomic E-state index is -0.637. The number of carbonyl (C=O) groups excluding carboxylic acids is 1. The van der Waals surface area contributed by atoms with E-state index in [1.54, 1.807) is 19.1 Å². The van der Waals surface area contributed by atoms with E-state index in [1.807, 2.05) is 0 Å². The van der Waals surface area contributed by atoms with Crippen LogP contribution in [-0.2, 0) is 0 Å². The highest BCUT2D eigenvalue weighted by Crippen LogP contribution is 2.21. The van der Waals surface area contributed by atoms with E-state index in [-0.39, 0.29) is 22.8 Å². The summed E-state index contributed by atoms with van der Waals surface area (Å²) in [6, 6.07) is 9.99. The van der Waals surface area contributed by atoms with Gasteiger partial charge < -0.3 is 15.3 Å². The van der Waals surface area contributed by atoms with Crippen LogP contribution in [0.4, 0.5) is 0 Å². The van der Waals surface area contributed by atoms with Crippen molar-refractivity contribution in [1.29, 1.82) is 0 Å². The highest BCUT2D eigenvalue weighted by atomic mass is 16.3. The number of benzene rings is 2. The number of phenols is 3. The second-order valence-electron chi connectivity index (χ2n) is 4.39. The molecule has 0 bridgehead atoms. The van der Waals surface area contributed by atoms with Gasteiger partial charge in [0.2, 0.25) is 0 Å². The smallest absolute Gasteiger partial charge is 0.275 e. The first kappa shape index (κ1) is 14.4. The van der Waals surface area contributed by atoms with Crippen molar-refractivity contribution in [2.75, 3.05) is 0 Å². The zero-order valence-corrected chi connectivity index (χ0v) is 11.2. The highest BCUT2D eigenvalue weighted by molar-refractivity contribution is 6.01. The summed E-state index contributed by atoms with van der Waals surface area (Å²) in [4.78, 5) is 11.9. The maximum absolute atomic E-state index is 11.9. The normalized spacial score (nSPS) is 11.2. The summed E-state index contributed by atoms with van der Waals surface area (Å²) in [6.07, 6.45) is 0. The quantitative estimate of drug-likeness (QED) is 0.393. The Morgan fingerprint density at radius 2 is 1.62 bits per heavy atom. The zero-order valence-electron chi connectivity index (χ0n) is 11.2. The van der Waals surface area contributed by atoms with Crippen molar-refractivity contribution < 1.29 is 20.1 Å². The van der Waals surface area contributed by atoms with E-state index < -0.39 is 5.91 Å². The Kier molecular flexibility index (Phi) is 4.08. The number of nitrogens with one attached hydrogen (secondary N) is 1. The molecule has 108 valence electrons. The molecule has 0 aliphatic heterocycles. The van der Waals surface area contributed by atoms with Crippen LogP contribution in [0.5, 0.6) is 17.2 Å². The molecule has 1 amide bonds. The average Bonchev–Trinajstić information content (AvgIpc) is 2.47. The molecule has 0 saturated heterocycles. The van der Waals surface area contributed by atoms with Crippen LogP contribution in [-0.4, -0.2) is 26.9 Å². The SMILES string of the molecule is C/C(=N/NC(=O)c1cc(O)ccc1O)c1ccc(O)cc1. The van der Waals surface area contributed by atoms with Crippen LogP contribution in [0, 0.1) is 0 Å².